The van der Waals surface area contributed by atoms with E-state index < -0.39 is 11.6 Å². The number of rotatable bonds is 1. The third-order valence-electron chi connectivity index (χ3n) is 5.38. The fourth-order valence-electron chi connectivity index (χ4n) is 4.16. The van der Waals surface area contributed by atoms with E-state index in [2.05, 4.69) is 10.2 Å². The molecule has 1 N–H and O–H groups in total. The summed E-state index contributed by atoms with van der Waals surface area (Å²) in [4.78, 5) is 2.16. The average molecular weight is 308 g/mol. The van der Waals surface area contributed by atoms with Gasteiger partial charge < -0.3 is 10.2 Å². The van der Waals surface area contributed by atoms with Crippen molar-refractivity contribution in [2.75, 3.05) is 31.1 Å². The molecular weight excluding hydrogens is 282 g/mol. The lowest BCUT2D eigenvalue weighted by Crippen LogP contribution is -2.30. The SMILES string of the molecule is Fc1cc(F)cc(N2CCCC3(CCCNCCC3)CC2)c1. The zero-order valence-corrected chi connectivity index (χ0v) is 13.2. The summed E-state index contributed by atoms with van der Waals surface area (Å²) in [6, 6.07) is 3.87. The van der Waals surface area contributed by atoms with Crippen LogP contribution in [0, 0.1) is 17.0 Å². The van der Waals surface area contributed by atoms with Crippen LogP contribution in [-0.4, -0.2) is 26.2 Å². The van der Waals surface area contributed by atoms with Crippen LogP contribution >= 0.6 is 0 Å². The van der Waals surface area contributed by atoms with Crippen molar-refractivity contribution < 1.29 is 8.78 Å². The molecule has 1 spiro atoms. The smallest absolute Gasteiger partial charge is 0.128 e. The van der Waals surface area contributed by atoms with Crippen LogP contribution in [0.1, 0.15) is 44.9 Å². The highest BCUT2D eigenvalue weighted by atomic mass is 19.1. The topological polar surface area (TPSA) is 15.3 Å². The van der Waals surface area contributed by atoms with Gasteiger partial charge in [-0.3, -0.25) is 0 Å². The van der Waals surface area contributed by atoms with Crippen molar-refractivity contribution >= 4 is 5.69 Å². The van der Waals surface area contributed by atoms with Crippen LogP contribution in [0.15, 0.2) is 18.2 Å². The maximum absolute atomic E-state index is 13.5. The minimum atomic E-state index is -0.481. The summed E-state index contributed by atoms with van der Waals surface area (Å²) >= 11 is 0. The van der Waals surface area contributed by atoms with Gasteiger partial charge in [0.2, 0.25) is 0 Å². The van der Waals surface area contributed by atoms with E-state index in [1.165, 1.54) is 44.2 Å². The Morgan fingerprint density at radius 2 is 1.45 bits per heavy atom. The molecule has 2 aliphatic heterocycles. The molecule has 2 nitrogen and oxygen atoms in total. The van der Waals surface area contributed by atoms with E-state index in [4.69, 9.17) is 0 Å². The van der Waals surface area contributed by atoms with Crippen LogP contribution in [0.4, 0.5) is 14.5 Å². The van der Waals surface area contributed by atoms with Crippen molar-refractivity contribution in [3.05, 3.63) is 29.8 Å². The molecule has 0 amide bonds. The maximum Gasteiger partial charge on any atom is 0.128 e. The minimum absolute atomic E-state index is 0.447. The first-order valence-electron chi connectivity index (χ1n) is 8.59. The molecule has 1 aromatic carbocycles. The number of hydrogen-bond donors (Lipinski definition) is 1. The van der Waals surface area contributed by atoms with Gasteiger partial charge in [-0.15, -0.1) is 0 Å². The third-order valence-corrected chi connectivity index (χ3v) is 5.38. The number of halogens is 2. The summed E-state index contributed by atoms with van der Waals surface area (Å²) in [5.74, 6) is -0.961. The molecule has 0 saturated carbocycles. The average Bonchev–Trinajstić information content (AvgIpc) is 2.66. The molecule has 2 saturated heterocycles. The Hall–Kier alpha value is -1.16. The highest BCUT2D eigenvalue weighted by molar-refractivity contribution is 5.47. The predicted molar refractivity (Wildman–Crippen MR) is 86.2 cm³/mol. The molecule has 2 aliphatic rings. The van der Waals surface area contributed by atoms with Gasteiger partial charge in [-0.05, 0) is 75.6 Å². The molecule has 4 heteroatoms. The second kappa shape index (κ2) is 6.95. The Labute approximate surface area is 131 Å². The molecule has 2 heterocycles. The first kappa shape index (κ1) is 15.7. The van der Waals surface area contributed by atoms with Crippen molar-refractivity contribution in [2.45, 2.75) is 44.9 Å². The van der Waals surface area contributed by atoms with Crippen molar-refractivity contribution in [3.63, 3.8) is 0 Å². The molecule has 3 rings (SSSR count). The molecule has 122 valence electrons. The highest BCUT2D eigenvalue weighted by Gasteiger charge is 2.32. The van der Waals surface area contributed by atoms with Crippen molar-refractivity contribution in [2.24, 2.45) is 5.41 Å². The predicted octanol–water partition coefficient (Wildman–Crippen LogP) is 4.11. The summed E-state index contributed by atoms with van der Waals surface area (Å²) < 4.78 is 26.9. The standard InChI is InChI=1S/C18H26F2N2/c19-15-12-16(20)14-17(13-15)22-10-3-6-18(7-11-22)4-1-8-21-9-2-5-18/h12-14,21H,1-11H2. The molecule has 22 heavy (non-hydrogen) atoms. The molecule has 1 aromatic rings. The van der Waals surface area contributed by atoms with Crippen LogP contribution in [-0.2, 0) is 0 Å². The summed E-state index contributed by atoms with van der Waals surface area (Å²) in [6.07, 6.45) is 8.57. The van der Waals surface area contributed by atoms with E-state index in [1.54, 1.807) is 0 Å². The molecule has 0 aromatic heterocycles. The van der Waals surface area contributed by atoms with Crippen LogP contribution < -0.4 is 10.2 Å². The van der Waals surface area contributed by atoms with E-state index >= 15 is 0 Å². The van der Waals surface area contributed by atoms with E-state index in [1.807, 2.05) is 0 Å². The normalized spacial score (nSPS) is 22.9. The molecule has 0 aliphatic carbocycles. The Morgan fingerprint density at radius 1 is 0.818 bits per heavy atom. The first-order valence-corrected chi connectivity index (χ1v) is 8.59. The van der Waals surface area contributed by atoms with Crippen LogP contribution in [0.5, 0.6) is 0 Å². The Kier molecular flexibility index (Phi) is 4.97. The third kappa shape index (κ3) is 3.78. The molecular formula is C18H26F2N2. The van der Waals surface area contributed by atoms with Crippen LogP contribution in [0.2, 0.25) is 0 Å². The van der Waals surface area contributed by atoms with Crippen molar-refractivity contribution in [1.29, 1.82) is 0 Å². The molecule has 2 fully saturated rings. The summed E-state index contributed by atoms with van der Waals surface area (Å²) in [6.45, 7) is 4.07. The quantitative estimate of drug-likeness (QED) is 0.840. The second-order valence-corrected chi connectivity index (χ2v) is 6.93. The molecule has 0 radical (unpaired) electrons. The number of benzene rings is 1. The minimum Gasteiger partial charge on any atom is -0.371 e. The zero-order valence-electron chi connectivity index (χ0n) is 13.2. The van der Waals surface area contributed by atoms with Gasteiger partial charge in [-0.25, -0.2) is 8.78 Å². The summed E-state index contributed by atoms with van der Waals surface area (Å²) in [7, 11) is 0. The van der Waals surface area contributed by atoms with Crippen LogP contribution in [0.3, 0.4) is 0 Å². The van der Waals surface area contributed by atoms with E-state index in [9.17, 15) is 8.78 Å². The second-order valence-electron chi connectivity index (χ2n) is 6.93. The summed E-state index contributed by atoms with van der Waals surface area (Å²) in [5, 5.41) is 3.48. The fourth-order valence-corrected chi connectivity index (χ4v) is 4.16. The van der Waals surface area contributed by atoms with Gasteiger partial charge in [0.25, 0.3) is 0 Å². The lowest BCUT2D eigenvalue weighted by atomic mass is 9.73. The lowest BCUT2D eigenvalue weighted by Gasteiger charge is -2.35. The first-order chi connectivity index (χ1) is 10.7. The zero-order chi connectivity index (χ0) is 15.4. The van der Waals surface area contributed by atoms with Gasteiger partial charge in [0.15, 0.2) is 0 Å². The van der Waals surface area contributed by atoms with Crippen LogP contribution in [0.25, 0.3) is 0 Å². The van der Waals surface area contributed by atoms with E-state index in [0.29, 0.717) is 11.1 Å². The monoisotopic (exact) mass is 308 g/mol. The highest BCUT2D eigenvalue weighted by Crippen LogP contribution is 2.41. The van der Waals surface area contributed by atoms with Crippen molar-refractivity contribution in [1.82, 2.24) is 5.32 Å². The number of hydrogen-bond acceptors (Lipinski definition) is 2. The number of nitrogens with one attached hydrogen (secondary N) is 1. The van der Waals surface area contributed by atoms with Gasteiger partial charge in [0, 0.05) is 24.8 Å². The lowest BCUT2D eigenvalue weighted by molar-refractivity contribution is 0.189. The van der Waals surface area contributed by atoms with Gasteiger partial charge >= 0.3 is 0 Å². The van der Waals surface area contributed by atoms with E-state index in [-0.39, 0.29) is 0 Å². The van der Waals surface area contributed by atoms with Gasteiger partial charge in [0.05, 0.1) is 0 Å². The number of nitrogens with zero attached hydrogens (tertiary/aromatic N) is 1. The van der Waals surface area contributed by atoms with Crippen molar-refractivity contribution in [3.8, 4) is 0 Å². The largest absolute Gasteiger partial charge is 0.371 e. The Morgan fingerprint density at radius 3 is 2.14 bits per heavy atom. The molecule has 0 atom stereocenters. The maximum atomic E-state index is 13.5. The number of anilines is 1. The molecule has 0 unspecified atom stereocenters. The Bertz CT molecular complexity index is 476. The summed E-state index contributed by atoms with van der Waals surface area (Å²) in [5.41, 5.74) is 1.14. The Balaban J connectivity index is 1.70. The van der Waals surface area contributed by atoms with Gasteiger partial charge in [0.1, 0.15) is 11.6 Å². The van der Waals surface area contributed by atoms with E-state index in [0.717, 1.165) is 45.1 Å². The molecule has 0 bridgehead atoms. The fraction of sp³-hybridized carbons (Fsp3) is 0.667. The van der Waals surface area contributed by atoms with Gasteiger partial charge in [-0.2, -0.15) is 0 Å². The van der Waals surface area contributed by atoms with Gasteiger partial charge in [-0.1, -0.05) is 0 Å².